The molecule has 1 aliphatic carbocycles. The average molecular weight is 584 g/mol. The Labute approximate surface area is 242 Å². The molecule has 1 fully saturated rings. The number of hydrogen-bond acceptors (Lipinski definition) is 6. The minimum absolute atomic E-state index is 0.0778. The Balaban J connectivity index is 1.53. The van der Waals surface area contributed by atoms with Crippen LogP contribution in [0.5, 0.6) is 0 Å². The molecule has 0 spiro atoms. The number of amides is 1. The molecule has 3 heterocycles. The van der Waals surface area contributed by atoms with Crippen LogP contribution in [0.15, 0.2) is 18.5 Å². The predicted octanol–water partition coefficient (Wildman–Crippen LogP) is 6.67. The van der Waals surface area contributed by atoms with Crippen LogP contribution in [0.4, 0.5) is 5.69 Å². The van der Waals surface area contributed by atoms with Gasteiger partial charge in [0.05, 0.1) is 24.0 Å². The van der Waals surface area contributed by atoms with Crippen LogP contribution in [0.25, 0.3) is 11.0 Å². The third kappa shape index (κ3) is 6.81. The minimum Gasteiger partial charge on any atom is -0.417 e. The molecule has 1 aliphatic heterocycles. The fourth-order valence-electron chi connectivity index (χ4n) is 5.40. The molecule has 2 aromatic rings. The number of nitriles is 1. The van der Waals surface area contributed by atoms with Gasteiger partial charge in [-0.1, -0.05) is 40.4 Å². The van der Waals surface area contributed by atoms with Crippen molar-refractivity contribution in [2.75, 3.05) is 31.3 Å². The molecule has 220 valence electrons. The first-order valence-corrected chi connectivity index (χ1v) is 21.5. The lowest BCUT2D eigenvalue weighted by Crippen LogP contribution is -2.52. The lowest BCUT2D eigenvalue weighted by atomic mass is 9.85. The highest BCUT2D eigenvalue weighted by atomic mass is 28.4. The summed E-state index contributed by atoms with van der Waals surface area (Å²) in [5, 5.41) is 10.6. The smallest absolute Gasteiger partial charge is 0.259 e. The van der Waals surface area contributed by atoms with Gasteiger partial charge in [0.1, 0.15) is 18.9 Å². The normalized spacial score (nSPS) is 20.6. The Hall–Kier alpha value is -2.20. The number of anilines is 1. The fourth-order valence-corrected chi connectivity index (χ4v) is 7.24. The zero-order valence-corrected chi connectivity index (χ0v) is 27.9. The van der Waals surface area contributed by atoms with Crippen LogP contribution < -0.4 is 4.90 Å². The molecule has 0 radical (unpaired) electrons. The summed E-state index contributed by atoms with van der Waals surface area (Å²) < 4.78 is 14.6. The largest absolute Gasteiger partial charge is 0.417 e. The molecule has 0 N–H and O–H groups in total. The number of hydrogen-bond donors (Lipinski definition) is 0. The third-order valence-electron chi connectivity index (χ3n) is 9.12. The second kappa shape index (κ2) is 12.0. The van der Waals surface area contributed by atoms with Crippen LogP contribution in [-0.2, 0) is 15.9 Å². The van der Waals surface area contributed by atoms with Crippen molar-refractivity contribution >= 4 is 39.0 Å². The maximum Gasteiger partial charge on any atom is 0.259 e. The number of rotatable bonds is 10. The van der Waals surface area contributed by atoms with E-state index < -0.39 is 16.4 Å². The van der Waals surface area contributed by atoms with Gasteiger partial charge in [-0.05, 0) is 61.8 Å². The Morgan fingerprint density at radius 3 is 2.45 bits per heavy atom. The summed E-state index contributed by atoms with van der Waals surface area (Å²) in [7, 11) is -2.92. The van der Waals surface area contributed by atoms with Crippen LogP contribution in [0.2, 0.25) is 43.8 Å². The molecule has 2 aromatic heterocycles. The first-order valence-electron chi connectivity index (χ1n) is 14.8. The lowest BCUT2D eigenvalue weighted by Gasteiger charge is -2.44. The third-order valence-corrected chi connectivity index (χ3v) is 15.3. The molecule has 0 bridgehead atoms. The highest BCUT2D eigenvalue weighted by Crippen LogP contribution is 2.41. The quantitative estimate of drug-likeness (QED) is 0.176. The van der Waals surface area contributed by atoms with Gasteiger partial charge in [0.15, 0.2) is 8.32 Å². The van der Waals surface area contributed by atoms with Gasteiger partial charge in [0.25, 0.3) is 5.91 Å². The number of aromatic nitrogens is 2. The maximum atomic E-state index is 13.4. The fraction of sp³-hybridized carbons (Fsp3) is 0.700. The Kier molecular flexibility index (Phi) is 9.20. The molecule has 0 unspecified atom stereocenters. The summed E-state index contributed by atoms with van der Waals surface area (Å²) in [4.78, 5) is 22.1. The molecule has 8 nitrogen and oxygen atoms in total. The zero-order valence-electron chi connectivity index (χ0n) is 25.9. The van der Waals surface area contributed by atoms with Crippen LogP contribution >= 0.6 is 0 Å². The van der Waals surface area contributed by atoms with E-state index in [0.29, 0.717) is 30.9 Å². The van der Waals surface area contributed by atoms with E-state index in [1.807, 2.05) is 10.8 Å². The van der Waals surface area contributed by atoms with Crippen molar-refractivity contribution in [1.82, 2.24) is 14.5 Å². The molecule has 10 heteroatoms. The van der Waals surface area contributed by atoms with Crippen LogP contribution in [0.3, 0.4) is 0 Å². The molecular formula is C30H49N5O3Si2. The van der Waals surface area contributed by atoms with Crippen LogP contribution in [0.1, 0.15) is 56.8 Å². The molecular weight excluding hydrogens is 535 g/mol. The lowest BCUT2D eigenvalue weighted by molar-refractivity contribution is 0.0752. The van der Waals surface area contributed by atoms with Gasteiger partial charge in [-0.15, -0.1) is 0 Å². The molecule has 1 amide bonds. The summed E-state index contributed by atoms with van der Waals surface area (Å²) in [5.74, 6) is 0.455. The minimum atomic E-state index is -1.76. The molecule has 0 aromatic carbocycles. The first-order chi connectivity index (χ1) is 18.7. The topological polar surface area (TPSA) is 83.6 Å². The van der Waals surface area contributed by atoms with Gasteiger partial charge >= 0.3 is 0 Å². The highest BCUT2D eigenvalue weighted by molar-refractivity contribution is 6.76. The summed E-state index contributed by atoms with van der Waals surface area (Å²) in [5.41, 5.74) is 2.40. The summed E-state index contributed by atoms with van der Waals surface area (Å²) in [6, 6.07) is 5.68. The van der Waals surface area contributed by atoms with Crippen molar-refractivity contribution in [3.63, 3.8) is 0 Å². The van der Waals surface area contributed by atoms with Gasteiger partial charge in [0.2, 0.25) is 0 Å². The highest BCUT2D eigenvalue weighted by Gasteiger charge is 2.39. The van der Waals surface area contributed by atoms with Gasteiger partial charge < -0.3 is 23.5 Å². The number of fused-ring (bicyclic) bond motifs is 3. The summed E-state index contributed by atoms with van der Waals surface area (Å²) in [6.07, 6.45) is 8.03. The van der Waals surface area contributed by atoms with Gasteiger partial charge in [-0.3, -0.25) is 4.79 Å². The van der Waals surface area contributed by atoms with E-state index in [9.17, 15) is 10.1 Å². The SMILES string of the molecule is CC(C)(C)[Si](C)(C)OC[C@H]1CC[C@H](N2CN(CC#N)C(=O)c3cnc4c(ccn4COCC[Si](C)(C)C)c32)CC1. The Morgan fingerprint density at radius 2 is 1.82 bits per heavy atom. The predicted molar refractivity (Wildman–Crippen MR) is 167 cm³/mol. The number of carbonyl (C=O) groups excluding carboxylic acids is 1. The number of ether oxygens (including phenoxy) is 1. The standard InChI is InChI=1S/C30H49N5O3Si2/c1-30(2,3)40(7,8)38-20-23-9-11-24(12-10-23)35-21-33(16-14-31)29(36)26-19-32-28-25(27(26)35)13-15-34(28)22-37-17-18-39(4,5)6/h13,15,19,23-24H,9-12,16-18,20-22H2,1-8H3/t23-,24-. The van der Waals surface area contributed by atoms with E-state index in [1.165, 1.54) is 0 Å². The molecule has 4 rings (SSSR count). The van der Waals surface area contributed by atoms with Gasteiger partial charge in [0, 0.05) is 45.1 Å². The van der Waals surface area contributed by atoms with E-state index in [-0.39, 0.29) is 17.5 Å². The van der Waals surface area contributed by atoms with Crippen molar-refractivity contribution in [1.29, 1.82) is 5.26 Å². The molecule has 0 atom stereocenters. The van der Waals surface area contributed by atoms with Crippen molar-refractivity contribution < 1.29 is 14.0 Å². The monoisotopic (exact) mass is 583 g/mol. The zero-order chi connectivity index (χ0) is 29.3. The number of pyridine rings is 1. The second-order valence-corrected chi connectivity index (χ2v) is 24.8. The van der Waals surface area contributed by atoms with E-state index in [0.717, 1.165) is 61.7 Å². The van der Waals surface area contributed by atoms with Gasteiger partial charge in [-0.25, -0.2) is 4.98 Å². The van der Waals surface area contributed by atoms with Crippen LogP contribution in [-0.4, -0.2) is 69.2 Å². The van der Waals surface area contributed by atoms with Crippen LogP contribution in [0, 0.1) is 17.2 Å². The maximum absolute atomic E-state index is 13.4. The van der Waals surface area contributed by atoms with Crippen molar-refractivity contribution in [3.05, 3.63) is 24.0 Å². The van der Waals surface area contributed by atoms with E-state index in [1.54, 1.807) is 11.1 Å². The number of nitrogens with zero attached hydrogens (tertiary/aromatic N) is 5. The first kappa shape index (κ1) is 30.8. The Morgan fingerprint density at radius 1 is 1.12 bits per heavy atom. The van der Waals surface area contributed by atoms with E-state index in [2.05, 4.69) is 70.5 Å². The van der Waals surface area contributed by atoms with E-state index >= 15 is 0 Å². The number of carbonyl (C=O) groups is 1. The average Bonchev–Trinajstić information content (AvgIpc) is 3.29. The summed E-state index contributed by atoms with van der Waals surface area (Å²) >= 11 is 0. The second-order valence-electron chi connectivity index (χ2n) is 14.4. The summed E-state index contributed by atoms with van der Waals surface area (Å²) in [6.45, 7) is 21.1. The van der Waals surface area contributed by atoms with Gasteiger partial charge in [-0.2, -0.15) is 5.26 Å². The van der Waals surface area contributed by atoms with Crippen molar-refractivity contribution in [3.8, 4) is 6.07 Å². The molecule has 40 heavy (non-hydrogen) atoms. The Bertz CT molecular complexity index is 1230. The van der Waals surface area contributed by atoms with E-state index in [4.69, 9.17) is 14.1 Å². The molecule has 0 saturated heterocycles. The molecule has 1 saturated carbocycles. The van der Waals surface area contributed by atoms with Crippen molar-refractivity contribution in [2.45, 2.75) is 103 Å². The molecule has 2 aliphatic rings. The van der Waals surface area contributed by atoms with Crippen molar-refractivity contribution in [2.24, 2.45) is 5.92 Å².